The molecule has 0 heterocycles. The highest BCUT2D eigenvalue weighted by molar-refractivity contribution is 4.39. The molecule has 0 bridgehead atoms. The number of rotatable bonds is 7. The van der Waals surface area contributed by atoms with Crippen molar-refractivity contribution in [3.8, 4) is 0 Å². The van der Waals surface area contributed by atoms with Gasteiger partial charge in [-0.25, -0.2) is 0 Å². The van der Waals surface area contributed by atoms with Crippen molar-refractivity contribution in [3.63, 3.8) is 0 Å². The quantitative estimate of drug-likeness (QED) is 0.344. The molecule has 0 aliphatic carbocycles. The highest BCUT2D eigenvalue weighted by atomic mass is 15.4. The van der Waals surface area contributed by atoms with Crippen LogP contribution in [0.5, 0.6) is 0 Å². The molecule has 0 radical (unpaired) electrons. The first-order valence-corrected chi connectivity index (χ1v) is 4.51. The fraction of sp³-hybridized carbons (Fsp3) is 1.00. The van der Waals surface area contributed by atoms with Crippen LogP contribution in [0.2, 0.25) is 0 Å². The Labute approximate surface area is 69.3 Å². The molecule has 0 aliphatic heterocycles. The van der Waals surface area contributed by atoms with Crippen molar-refractivity contribution >= 4 is 0 Å². The Bertz CT molecular complexity index is 91.3. The van der Waals surface area contributed by atoms with E-state index in [9.17, 15) is 0 Å². The second-order valence-corrected chi connectivity index (χ2v) is 2.58. The predicted molar refractivity (Wildman–Crippen MR) is 47.5 cm³/mol. The van der Waals surface area contributed by atoms with Crippen LogP contribution in [0.25, 0.3) is 0 Å². The number of nitrogens with zero attached hydrogens (tertiary/aromatic N) is 2. The first-order valence-electron chi connectivity index (χ1n) is 4.51. The molecular weight excluding hydrogens is 138 g/mol. The van der Waals surface area contributed by atoms with E-state index >= 15 is 0 Å². The molecular formula is C8H19N3. The summed E-state index contributed by atoms with van der Waals surface area (Å²) in [6, 6.07) is 0. The van der Waals surface area contributed by atoms with Crippen molar-refractivity contribution in [2.24, 2.45) is 10.3 Å². The molecule has 1 N–H and O–H groups in total. The van der Waals surface area contributed by atoms with Gasteiger partial charge in [-0.2, -0.15) is 5.11 Å². The standard InChI is InChI=1S/C8H19N3/c1-3-5-7-9-11-10-8-6-4-2/h3-8H2,1-2H3,(H,9,10). The van der Waals surface area contributed by atoms with Gasteiger partial charge in [-0.15, -0.1) is 0 Å². The molecule has 0 aliphatic rings. The van der Waals surface area contributed by atoms with Gasteiger partial charge in [0, 0.05) is 6.54 Å². The van der Waals surface area contributed by atoms with Gasteiger partial charge in [-0.05, 0) is 12.8 Å². The van der Waals surface area contributed by atoms with Gasteiger partial charge in [0.25, 0.3) is 0 Å². The Morgan fingerprint density at radius 3 is 2.45 bits per heavy atom. The molecule has 0 amide bonds. The van der Waals surface area contributed by atoms with Crippen LogP contribution in [-0.4, -0.2) is 13.1 Å². The maximum absolute atomic E-state index is 3.95. The first kappa shape index (κ1) is 10.4. The zero-order valence-corrected chi connectivity index (χ0v) is 7.64. The van der Waals surface area contributed by atoms with Gasteiger partial charge in [-0.3, -0.25) is 5.43 Å². The first-order chi connectivity index (χ1) is 5.41. The molecule has 0 unspecified atom stereocenters. The van der Waals surface area contributed by atoms with E-state index in [1.54, 1.807) is 0 Å². The molecule has 0 aromatic carbocycles. The van der Waals surface area contributed by atoms with E-state index in [1.165, 1.54) is 19.3 Å². The lowest BCUT2D eigenvalue weighted by atomic mass is 10.3. The Kier molecular flexibility index (Phi) is 8.89. The smallest absolute Gasteiger partial charge is 0.0620 e. The van der Waals surface area contributed by atoms with Crippen LogP contribution in [0.3, 0.4) is 0 Å². The van der Waals surface area contributed by atoms with E-state index in [1.807, 2.05) is 0 Å². The fourth-order valence-corrected chi connectivity index (χ4v) is 0.635. The molecule has 3 nitrogen and oxygen atoms in total. The number of nitrogens with one attached hydrogen (secondary N) is 1. The van der Waals surface area contributed by atoms with Crippen molar-refractivity contribution < 1.29 is 0 Å². The summed E-state index contributed by atoms with van der Waals surface area (Å²) in [5.41, 5.74) is 2.90. The Hall–Kier alpha value is -0.600. The molecule has 0 fully saturated rings. The molecule has 0 saturated carbocycles. The number of hydrogen-bond acceptors (Lipinski definition) is 2. The molecule has 0 spiro atoms. The van der Waals surface area contributed by atoms with Crippen molar-refractivity contribution in [2.75, 3.05) is 13.1 Å². The number of unbranched alkanes of at least 4 members (excludes halogenated alkanes) is 2. The summed E-state index contributed by atoms with van der Waals surface area (Å²) in [5.74, 6) is 0. The van der Waals surface area contributed by atoms with Crippen LogP contribution in [0, 0.1) is 0 Å². The van der Waals surface area contributed by atoms with E-state index in [0.29, 0.717) is 0 Å². The average molecular weight is 157 g/mol. The van der Waals surface area contributed by atoms with E-state index in [0.717, 1.165) is 19.5 Å². The van der Waals surface area contributed by atoms with Crippen molar-refractivity contribution in [1.29, 1.82) is 0 Å². The average Bonchev–Trinajstić information content (AvgIpc) is 2.03. The SMILES string of the molecule is CCCC/N=N/NCCCC. The zero-order valence-electron chi connectivity index (χ0n) is 7.64. The van der Waals surface area contributed by atoms with E-state index in [-0.39, 0.29) is 0 Å². The van der Waals surface area contributed by atoms with Crippen LogP contribution in [0.15, 0.2) is 10.3 Å². The molecule has 0 rings (SSSR count). The summed E-state index contributed by atoms with van der Waals surface area (Å²) in [6.45, 7) is 6.12. The molecule has 3 heteroatoms. The largest absolute Gasteiger partial charge is 0.292 e. The van der Waals surface area contributed by atoms with Gasteiger partial charge in [0.1, 0.15) is 0 Å². The fourth-order valence-electron chi connectivity index (χ4n) is 0.635. The molecule has 66 valence electrons. The lowest BCUT2D eigenvalue weighted by molar-refractivity contribution is 0.620. The molecule has 11 heavy (non-hydrogen) atoms. The highest BCUT2D eigenvalue weighted by Crippen LogP contribution is 1.87. The van der Waals surface area contributed by atoms with Crippen LogP contribution < -0.4 is 5.43 Å². The maximum Gasteiger partial charge on any atom is 0.0620 e. The van der Waals surface area contributed by atoms with Crippen LogP contribution in [-0.2, 0) is 0 Å². The molecule has 0 aromatic rings. The highest BCUT2D eigenvalue weighted by Gasteiger charge is 1.80. The second-order valence-electron chi connectivity index (χ2n) is 2.58. The lowest BCUT2D eigenvalue weighted by Crippen LogP contribution is -2.05. The summed E-state index contributed by atoms with van der Waals surface area (Å²) in [7, 11) is 0. The third kappa shape index (κ3) is 9.40. The summed E-state index contributed by atoms with van der Waals surface area (Å²) in [4.78, 5) is 0. The van der Waals surface area contributed by atoms with E-state index in [2.05, 4.69) is 29.6 Å². The van der Waals surface area contributed by atoms with Crippen molar-refractivity contribution in [2.45, 2.75) is 39.5 Å². The van der Waals surface area contributed by atoms with Crippen molar-refractivity contribution in [3.05, 3.63) is 0 Å². The summed E-state index contributed by atoms with van der Waals surface area (Å²) in [6.07, 6.45) is 4.71. The molecule has 0 saturated heterocycles. The minimum absolute atomic E-state index is 0.857. The summed E-state index contributed by atoms with van der Waals surface area (Å²) < 4.78 is 0. The van der Waals surface area contributed by atoms with Gasteiger partial charge >= 0.3 is 0 Å². The van der Waals surface area contributed by atoms with Gasteiger partial charge in [0.05, 0.1) is 6.54 Å². The van der Waals surface area contributed by atoms with Crippen LogP contribution in [0.1, 0.15) is 39.5 Å². The monoisotopic (exact) mass is 157 g/mol. The molecule has 0 atom stereocenters. The Balaban J connectivity index is 2.91. The topological polar surface area (TPSA) is 36.8 Å². The predicted octanol–water partition coefficient (Wildman–Crippen LogP) is 2.54. The second kappa shape index (κ2) is 9.40. The third-order valence-electron chi connectivity index (χ3n) is 1.40. The summed E-state index contributed by atoms with van der Waals surface area (Å²) >= 11 is 0. The van der Waals surface area contributed by atoms with Gasteiger partial charge < -0.3 is 0 Å². The minimum Gasteiger partial charge on any atom is -0.292 e. The van der Waals surface area contributed by atoms with Crippen LogP contribution in [0.4, 0.5) is 0 Å². The minimum atomic E-state index is 0.857. The maximum atomic E-state index is 3.95. The van der Waals surface area contributed by atoms with Crippen LogP contribution >= 0.6 is 0 Å². The third-order valence-corrected chi connectivity index (χ3v) is 1.40. The number of hydrogen-bond donors (Lipinski definition) is 1. The lowest BCUT2D eigenvalue weighted by Gasteiger charge is -1.94. The van der Waals surface area contributed by atoms with Crippen molar-refractivity contribution in [1.82, 2.24) is 5.43 Å². The normalized spacial score (nSPS) is 10.7. The summed E-state index contributed by atoms with van der Waals surface area (Å²) in [5, 5.41) is 7.77. The zero-order chi connectivity index (χ0) is 8.36. The molecule has 0 aromatic heterocycles. The van der Waals surface area contributed by atoms with E-state index < -0.39 is 0 Å². The van der Waals surface area contributed by atoms with Gasteiger partial charge in [0.15, 0.2) is 0 Å². The Morgan fingerprint density at radius 1 is 1.09 bits per heavy atom. The van der Waals surface area contributed by atoms with E-state index in [4.69, 9.17) is 0 Å². The van der Waals surface area contributed by atoms with Gasteiger partial charge in [0.2, 0.25) is 0 Å². The van der Waals surface area contributed by atoms with Gasteiger partial charge in [-0.1, -0.05) is 31.9 Å². The Morgan fingerprint density at radius 2 is 1.82 bits per heavy atom.